The third-order valence-electron chi connectivity index (χ3n) is 1.47. The smallest absolute Gasteiger partial charge is 0.177 e. The van der Waals surface area contributed by atoms with Crippen molar-refractivity contribution < 1.29 is 4.74 Å². The van der Waals surface area contributed by atoms with Crippen LogP contribution in [-0.2, 0) is 4.74 Å². The van der Waals surface area contributed by atoms with Crippen LogP contribution in [0.25, 0.3) is 0 Å². The van der Waals surface area contributed by atoms with Gasteiger partial charge in [-0.15, -0.1) is 0 Å². The van der Waals surface area contributed by atoms with Gasteiger partial charge in [-0.25, -0.2) is 0 Å². The van der Waals surface area contributed by atoms with E-state index >= 15 is 0 Å². The Kier molecular flexibility index (Phi) is 6.44. The summed E-state index contributed by atoms with van der Waals surface area (Å²) in [5.41, 5.74) is 1.37. The molecule has 0 aromatic heterocycles. The summed E-state index contributed by atoms with van der Waals surface area (Å²) < 4.78 is 5.01. The van der Waals surface area contributed by atoms with Gasteiger partial charge in [-0.2, -0.15) is 0 Å². The predicted molar refractivity (Wildman–Crippen MR) is 52.6 cm³/mol. The molecule has 0 saturated heterocycles. The average Bonchev–Trinajstić information content (AvgIpc) is 1.95. The molecule has 0 bridgehead atoms. The maximum atomic E-state index is 7.01. The van der Waals surface area contributed by atoms with Crippen molar-refractivity contribution in [2.75, 3.05) is 6.61 Å². The van der Waals surface area contributed by atoms with Crippen LogP contribution >= 0.6 is 0 Å². The molecule has 0 aromatic rings. The molecule has 0 fully saturated rings. The molecular weight excluding hydrogens is 150 g/mol. The highest BCUT2D eigenvalue weighted by molar-refractivity contribution is 5.69. The Hall–Kier alpha value is -0.790. The highest BCUT2D eigenvalue weighted by Gasteiger charge is 1.89. The molecule has 0 saturated carbocycles. The lowest BCUT2D eigenvalue weighted by Gasteiger charge is -2.01. The van der Waals surface area contributed by atoms with Gasteiger partial charge in [0.15, 0.2) is 5.90 Å². The molecule has 0 aliphatic carbocycles. The first-order chi connectivity index (χ1) is 5.63. The van der Waals surface area contributed by atoms with E-state index in [0.717, 1.165) is 19.3 Å². The molecule has 2 heteroatoms. The monoisotopic (exact) mass is 169 g/mol. The van der Waals surface area contributed by atoms with E-state index in [1.807, 2.05) is 0 Å². The maximum Gasteiger partial charge on any atom is 0.177 e. The van der Waals surface area contributed by atoms with E-state index in [9.17, 15) is 0 Å². The molecule has 1 N–H and O–H groups in total. The van der Waals surface area contributed by atoms with Crippen LogP contribution in [0.3, 0.4) is 0 Å². The quantitative estimate of drug-likeness (QED) is 0.291. The molecule has 2 nitrogen and oxygen atoms in total. The van der Waals surface area contributed by atoms with Crippen molar-refractivity contribution in [3.8, 4) is 0 Å². The van der Waals surface area contributed by atoms with Gasteiger partial charge in [0.05, 0.1) is 6.61 Å². The second kappa shape index (κ2) is 6.89. The van der Waals surface area contributed by atoms with Crippen molar-refractivity contribution in [1.82, 2.24) is 0 Å². The molecule has 0 atom stereocenters. The van der Waals surface area contributed by atoms with Crippen molar-refractivity contribution in [2.45, 2.75) is 40.0 Å². The molecule has 0 aliphatic heterocycles. The Balaban J connectivity index is 3.11. The van der Waals surface area contributed by atoms with Gasteiger partial charge in [0.1, 0.15) is 0 Å². The predicted octanol–water partition coefficient (Wildman–Crippen LogP) is 3.14. The summed E-state index contributed by atoms with van der Waals surface area (Å²) in [5.74, 6) is 0.317. The number of ether oxygens (including phenoxy) is 1. The van der Waals surface area contributed by atoms with Crippen LogP contribution in [0.4, 0.5) is 0 Å². The molecule has 0 rings (SSSR count). The van der Waals surface area contributed by atoms with Gasteiger partial charge < -0.3 is 4.74 Å². The third kappa shape index (κ3) is 9.21. The lowest BCUT2D eigenvalue weighted by Crippen LogP contribution is -1.98. The van der Waals surface area contributed by atoms with E-state index in [4.69, 9.17) is 10.1 Å². The first-order valence-corrected chi connectivity index (χ1v) is 4.44. The standard InChI is InChI=1S/C10H19NO/c1-9(2)7-5-4-6-8-12-10(3)11/h7,11H,4-6,8H2,1-3H3. The normalized spacial score (nSPS) is 9.25. The summed E-state index contributed by atoms with van der Waals surface area (Å²) in [5, 5.41) is 7.01. The minimum Gasteiger partial charge on any atom is -0.481 e. The zero-order valence-electron chi connectivity index (χ0n) is 8.31. The van der Waals surface area contributed by atoms with E-state index in [1.165, 1.54) is 5.57 Å². The second-order valence-electron chi connectivity index (χ2n) is 3.18. The highest BCUT2D eigenvalue weighted by Crippen LogP contribution is 2.00. The molecule has 0 radical (unpaired) electrons. The van der Waals surface area contributed by atoms with Crippen LogP contribution in [0.1, 0.15) is 40.0 Å². The van der Waals surface area contributed by atoms with E-state index in [-0.39, 0.29) is 0 Å². The van der Waals surface area contributed by atoms with Crippen LogP contribution in [0.5, 0.6) is 0 Å². The molecular formula is C10H19NO. The highest BCUT2D eigenvalue weighted by atomic mass is 16.5. The Bertz CT molecular complexity index is 157. The van der Waals surface area contributed by atoms with Crippen molar-refractivity contribution in [1.29, 1.82) is 5.41 Å². The van der Waals surface area contributed by atoms with Crippen molar-refractivity contribution in [3.63, 3.8) is 0 Å². The molecule has 70 valence electrons. The topological polar surface area (TPSA) is 33.1 Å². The average molecular weight is 169 g/mol. The summed E-state index contributed by atoms with van der Waals surface area (Å²) in [6.07, 6.45) is 5.55. The SMILES string of the molecule is CC(=N)OCCCCC=C(C)C. The fourth-order valence-electron chi connectivity index (χ4n) is 0.862. The molecule has 0 amide bonds. The summed E-state index contributed by atoms with van der Waals surface area (Å²) in [6, 6.07) is 0. The van der Waals surface area contributed by atoms with Gasteiger partial charge >= 0.3 is 0 Å². The van der Waals surface area contributed by atoms with Gasteiger partial charge in [0.2, 0.25) is 0 Å². The van der Waals surface area contributed by atoms with Gasteiger partial charge in [-0.3, -0.25) is 5.41 Å². The summed E-state index contributed by atoms with van der Waals surface area (Å²) in [4.78, 5) is 0. The first-order valence-electron chi connectivity index (χ1n) is 4.44. The molecule has 0 spiro atoms. The zero-order chi connectivity index (χ0) is 9.40. The van der Waals surface area contributed by atoms with Crippen LogP contribution in [0.2, 0.25) is 0 Å². The lowest BCUT2D eigenvalue weighted by atomic mass is 10.2. The largest absolute Gasteiger partial charge is 0.481 e. The number of allylic oxidation sites excluding steroid dienone is 2. The lowest BCUT2D eigenvalue weighted by molar-refractivity contribution is 0.290. The van der Waals surface area contributed by atoms with Crippen molar-refractivity contribution in [2.24, 2.45) is 0 Å². The number of hydrogen-bond donors (Lipinski definition) is 1. The first kappa shape index (κ1) is 11.2. The Morgan fingerprint density at radius 1 is 1.25 bits per heavy atom. The van der Waals surface area contributed by atoms with Gasteiger partial charge in [-0.05, 0) is 33.1 Å². The van der Waals surface area contributed by atoms with Gasteiger partial charge in [-0.1, -0.05) is 11.6 Å². The molecule has 0 aliphatic rings. The van der Waals surface area contributed by atoms with Crippen molar-refractivity contribution in [3.05, 3.63) is 11.6 Å². The number of nitrogens with one attached hydrogen (secondary N) is 1. The zero-order valence-corrected chi connectivity index (χ0v) is 8.31. The van der Waals surface area contributed by atoms with Crippen LogP contribution in [0.15, 0.2) is 11.6 Å². The van der Waals surface area contributed by atoms with E-state index in [0.29, 0.717) is 12.5 Å². The minimum absolute atomic E-state index is 0.317. The van der Waals surface area contributed by atoms with Crippen LogP contribution in [0, 0.1) is 5.41 Å². The minimum atomic E-state index is 0.317. The number of hydrogen-bond acceptors (Lipinski definition) is 2. The van der Waals surface area contributed by atoms with Crippen molar-refractivity contribution >= 4 is 5.90 Å². The Morgan fingerprint density at radius 2 is 1.92 bits per heavy atom. The van der Waals surface area contributed by atoms with E-state index < -0.39 is 0 Å². The molecule has 0 aromatic carbocycles. The fourth-order valence-corrected chi connectivity index (χ4v) is 0.862. The summed E-state index contributed by atoms with van der Waals surface area (Å²) >= 11 is 0. The van der Waals surface area contributed by atoms with Gasteiger partial charge in [0.25, 0.3) is 0 Å². The third-order valence-corrected chi connectivity index (χ3v) is 1.47. The maximum absolute atomic E-state index is 7.01. The van der Waals surface area contributed by atoms with Gasteiger partial charge in [0, 0.05) is 6.92 Å². The molecule has 0 heterocycles. The molecule has 12 heavy (non-hydrogen) atoms. The summed E-state index contributed by atoms with van der Waals surface area (Å²) in [6.45, 7) is 6.57. The number of rotatable bonds is 5. The van der Waals surface area contributed by atoms with Crippen LogP contribution < -0.4 is 0 Å². The Morgan fingerprint density at radius 3 is 2.42 bits per heavy atom. The fraction of sp³-hybridized carbons (Fsp3) is 0.700. The van der Waals surface area contributed by atoms with E-state index in [2.05, 4.69) is 19.9 Å². The Labute approximate surface area is 75.1 Å². The van der Waals surface area contributed by atoms with Crippen LogP contribution in [-0.4, -0.2) is 12.5 Å². The second-order valence-corrected chi connectivity index (χ2v) is 3.18. The number of unbranched alkanes of at least 4 members (excludes halogenated alkanes) is 2. The summed E-state index contributed by atoms with van der Waals surface area (Å²) in [7, 11) is 0. The van der Waals surface area contributed by atoms with E-state index in [1.54, 1.807) is 6.92 Å². The molecule has 0 unspecified atom stereocenters.